The number of halogens is 3. The van der Waals surface area contributed by atoms with E-state index in [0.29, 0.717) is 19.2 Å². The van der Waals surface area contributed by atoms with Crippen molar-refractivity contribution in [2.24, 2.45) is 0 Å². The van der Waals surface area contributed by atoms with Gasteiger partial charge in [-0.3, -0.25) is 0 Å². The molecule has 0 fully saturated rings. The first-order chi connectivity index (χ1) is 9.04. The molecule has 0 unspecified atom stereocenters. The van der Waals surface area contributed by atoms with Gasteiger partial charge in [0.25, 0.3) is 5.95 Å². The number of nitrogens with zero attached hydrogens (tertiary/aromatic N) is 2. The van der Waals surface area contributed by atoms with Crippen LogP contribution in [0.1, 0.15) is 26.7 Å². The van der Waals surface area contributed by atoms with Gasteiger partial charge in [0, 0.05) is 25.8 Å². The van der Waals surface area contributed by atoms with Gasteiger partial charge in [0.15, 0.2) is 17.5 Å². The van der Waals surface area contributed by atoms with E-state index in [1.54, 1.807) is 4.90 Å². The molecular weight excluding hydrogens is 257 g/mol. The second-order valence-corrected chi connectivity index (χ2v) is 4.22. The molecule has 1 heterocycles. The lowest BCUT2D eigenvalue weighted by Gasteiger charge is -2.31. The summed E-state index contributed by atoms with van der Waals surface area (Å²) >= 11 is 0. The first kappa shape index (κ1) is 15.8. The van der Waals surface area contributed by atoms with E-state index < -0.39 is 17.6 Å². The number of anilines is 1. The third-order valence-corrected chi connectivity index (χ3v) is 3.06. The Morgan fingerprint density at radius 2 is 1.84 bits per heavy atom. The van der Waals surface area contributed by atoms with Crippen molar-refractivity contribution in [2.45, 2.75) is 32.7 Å². The fourth-order valence-electron chi connectivity index (χ4n) is 2.02. The highest BCUT2D eigenvalue weighted by Crippen LogP contribution is 2.23. The average Bonchev–Trinajstić information content (AvgIpc) is 2.39. The summed E-state index contributed by atoms with van der Waals surface area (Å²) in [7, 11) is 1.53. The third-order valence-electron chi connectivity index (χ3n) is 3.06. The van der Waals surface area contributed by atoms with Crippen LogP contribution in [0.15, 0.2) is 6.07 Å². The van der Waals surface area contributed by atoms with Gasteiger partial charge in [0.2, 0.25) is 0 Å². The lowest BCUT2D eigenvalue weighted by molar-refractivity contribution is 0.202. The largest absolute Gasteiger partial charge is 0.383 e. The Morgan fingerprint density at radius 1 is 1.21 bits per heavy atom. The summed E-state index contributed by atoms with van der Waals surface area (Å²) in [5.41, 5.74) is 0. The third kappa shape index (κ3) is 3.83. The normalized spacial score (nSPS) is 11.1. The summed E-state index contributed by atoms with van der Waals surface area (Å²) in [5, 5.41) is 0. The van der Waals surface area contributed by atoms with Gasteiger partial charge in [-0.2, -0.15) is 9.37 Å². The summed E-state index contributed by atoms with van der Waals surface area (Å²) in [4.78, 5) is 5.02. The number of ether oxygens (including phenoxy) is 1. The molecular formula is C13H19F3N2O. The monoisotopic (exact) mass is 276 g/mol. The summed E-state index contributed by atoms with van der Waals surface area (Å²) in [6, 6.07) is 0.529. The fourth-order valence-corrected chi connectivity index (χ4v) is 2.02. The van der Waals surface area contributed by atoms with Crippen molar-refractivity contribution in [2.75, 3.05) is 25.2 Å². The minimum absolute atomic E-state index is 0.00186. The van der Waals surface area contributed by atoms with E-state index in [0.717, 1.165) is 12.8 Å². The standard InChI is InChI=1S/C13H19F3N2O/c1-4-9(5-2)18(6-7-19-3)13-11(15)8-10(14)12(16)17-13/h8-9H,4-7H2,1-3H3. The summed E-state index contributed by atoms with van der Waals surface area (Å²) in [5.74, 6) is -3.59. The molecule has 0 aliphatic rings. The molecule has 0 radical (unpaired) electrons. The Labute approximate surface area is 111 Å². The molecule has 1 aromatic heterocycles. The zero-order valence-corrected chi connectivity index (χ0v) is 11.4. The molecule has 0 aromatic carbocycles. The molecule has 0 atom stereocenters. The van der Waals surface area contributed by atoms with E-state index in [4.69, 9.17) is 4.74 Å². The van der Waals surface area contributed by atoms with E-state index in [1.807, 2.05) is 13.8 Å². The van der Waals surface area contributed by atoms with Crippen LogP contribution in [0.3, 0.4) is 0 Å². The maximum Gasteiger partial charge on any atom is 0.251 e. The first-order valence-electron chi connectivity index (χ1n) is 6.32. The second kappa shape index (κ2) is 7.33. The molecule has 19 heavy (non-hydrogen) atoms. The summed E-state index contributed by atoms with van der Waals surface area (Å²) < 4.78 is 44.9. The van der Waals surface area contributed by atoms with Crippen molar-refractivity contribution in [3.63, 3.8) is 0 Å². The number of pyridine rings is 1. The van der Waals surface area contributed by atoms with Crippen molar-refractivity contribution in [1.82, 2.24) is 4.98 Å². The van der Waals surface area contributed by atoms with Crippen LogP contribution in [0.2, 0.25) is 0 Å². The number of rotatable bonds is 7. The first-order valence-corrected chi connectivity index (χ1v) is 6.32. The van der Waals surface area contributed by atoms with Crippen LogP contribution in [0, 0.1) is 17.6 Å². The topological polar surface area (TPSA) is 25.4 Å². The number of methoxy groups -OCH3 is 1. The van der Waals surface area contributed by atoms with Crippen LogP contribution in [-0.2, 0) is 4.74 Å². The molecule has 6 heteroatoms. The van der Waals surface area contributed by atoms with Gasteiger partial charge >= 0.3 is 0 Å². The molecule has 0 amide bonds. The van der Waals surface area contributed by atoms with E-state index in [-0.39, 0.29) is 11.9 Å². The van der Waals surface area contributed by atoms with Crippen LogP contribution < -0.4 is 4.90 Å². The van der Waals surface area contributed by atoms with Crippen LogP contribution >= 0.6 is 0 Å². The van der Waals surface area contributed by atoms with Gasteiger partial charge in [-0.15, -0.1) is 0 Å². The lowest BCUT2D eigenvalue weighted by Crippen LogP contribution is -2.38. The SMILES string of the molecule is CCC(CC)N(CCOC)c1nc(F)c(F)cc1F. The quantitative estimate of drug-likeness (QED) is 0.715. The van der Waals surface area contributed by atoms with Crippen LogP contribution in [-0.4, -0.2) is 31.3 Å². The maximum absolute atomic E-state index is 13.8. The van der Waals surface area contributed by atoms with E-state index in [9.17, 15) is 13.2 Å². The molecule has 0 bridgehead atoms. The molecule has 1 rings (SSSR count). The van der Waals surface area contributed by atoms with Gasteiger partial charge in [0.1, 0.15) is 0 Å². The number of hydrogen-bond donors (Lipinski definition) is 0. The highest BCUT2D eigenvalue weighted by atomic mass is 19.2. The predicted octanol–water partition coefficient (Wildman–Crippen LogP) is 3.14. The van der Waals surface area contributed by atoms with Gasteiger partial charge < -0.3 is 9.64 Å². The number of aromatic nitrogens is 1. The van der Waals surface area contributed by atoms with Crippen molar-refractivity contribution in [1.29, 1.82) is 0 Å². The highest BCUT2D eigenvalue weighted by molar-refractivity contribution is 5.41. The van der Waals surface area contributed by atoms with Crippen molar-refractivity contribution < 1.29 is 17.9 Å². The molecule has 0 aliphatic carbocycles. The van der Waals surface area contributed by atoms with Crippen LogP contribution in [0.5, 0.6) is 0 Å². The molecule has 3 nitrogen and oxygen atoms in total. The van der Waals surface area contributed by atoms with E-state index in [2.05, 4.69) is 4.98 Å². The lowest BCUT2D eigenvalue weighted by atomic mass is 10.1. The Bertz CT molecular complexity index is 411. The summed E-state index contributed by atoms with van der Waals surface area (Å²) in [6.45, 7) is 4.63. The molecule has 108 valence electrons. The van der Waals surface area contributed by atoms with Gasteiger partial charge in [-0.05, 0) is 12.8 Å². The molecule has 0 saturated heterocycles. The molecule has 1 aromatic rings. The Balaban J connectivity index is 3.12. The zero-order valence-electron chi connectivity index (χ0n) is 11.4. The highest BCUT2D eigenvalue weighted by Gasteiger charge is 2.22. The predicted molar refractivity (Wildman–Crippen MR) is 67.7 cm³/mol. The number of hydrogen-bond acceptors (Lipinski definition) is 3. The Morgan fingerprint density at radius 3 is 2.37 bits per heavy atom. The van der Waals surface area contributed by atoms with Crippen LogP contribution in [0.4, 0.5) is 19.0 Å². The fraction of sp³-hybridized carbons (Fsp3) is 0.615. The Kier molecular flexibility index (Phi) is 6.08. The van der Waals surface area contributed by atoms with Crippen LogP contribution in [0.25, 0.3) is 0 Å². The molecule has 0 N–H and O–H groups in total. The van der Waals surface area contributed by atoms with Crippen molar-refractivity contribution >= 4 is 5.82 Å². The van der Waals surface area contributed by atoms with Gasteiger partial charge in [-0.1, -0.05) is 13.8 Å². The van der Waals surface area contributed by atoms with E-state index in [1.165, 1.54) is 7.11 Å². The molecule has 0 aliphatic heterocycles. The molecule has 0 spiro atoms. The molecule has 0 saturated carbocycles. The smallest absolute Gasteiger partial charge is 0.251 e. The maximum atomic E-state index is 13.8. The Hall–Kier alpha value is -1.30. The average molecular weight is 276 g/mol. The minimum Gasteiger partial charge on any atom is -0.383 e. The zero-order chi connectivity index (χ0) is 14.4. The summed E-state index contributed by atoms with van der Waals surface area (Å²) in [6.07, 6.45) is 1.50. The van der Waals surface area contributed by atoms with E-state index >= 15 is 0 Å². The second-order valence-electron chi connectivity index (χ2n) is 4.22. The van der Waals surface area contributed by atoms with Crippen molar-refractivity contribution in [3.8, 4) is 0 Å². The van der Waals surface area contributed by atoms with Gasteiger partial charge in [0.05, 0.1) is 6.61 Å². The minimum atomic E-state index is -1.29. The van der Waals surface area contributed by atoms with Crippen molar-refractivity contribution in [3.05, 3.63) is 23.6 Å². The van der Waals surface area contributed by atoms with Gasteiger partial charge in [-0.25, -0.2) is 8.78 Å².